The quantitative estimate of drug-likeness (QED) is 0.554. The van der Waals surface area contributed by atoms with Crippen LogP contribution in [0, 0.1) is 11.3 Å². The van der Waals surface area contributed by atoms with E-state index in [9.17, 15) is 22.8 Å². The maximum atomic E-state index is 13.5. The fourth-order valence-corrected chi connectivity index (χ4v) is 5.60. The number of H-pyrrole nitrogens is 1. The Hall–Kier alpha value is -3.66. The van der Waals surface area contributed by atoms with Gasteiger partial charge in [0.15, 0.2) is 0 Å². The van der Waals surface area contributed by atoms with Crippen LogP contribution in [0.15, 0.2) is 29.3 Å². The van der Waals surface area contributed by atoms with E-state index in [4.69, 9.17) is 10.00 Å². The number of hydrogen-bond acceptors (Lipinski definition) is 8. The van der Waals surface area contributed by atoms with Gasteiger partial charge in [-0.05, 0) is 31.4 Å². The number of fused-ring (bicyclic) bond motifs is 2. The Bertz CT molecular complexity index is 1240. The second-order valence-electron chi connectivity index (χ2n) is 9.53. The fraction of sp³-hybridized carbons (Fsp3) is 0.542. The van der Waals surface area contributed by atoms with Crippen molar-refractivity contribution in [2.45, 2.75) is 50.0 Å². The Morgan fingerprint density at radius 2 is 2.05 bits per heavy atom. The van der Waals surface area contributed by atoms with Crippen molar-refractivity contribution in [2.75, 3.05) is 42.6 Å². The monoisotopic (exact) mass is 517 g/mol. The van der Waals surface area contributed by atoms with Gasteiger partial charge in [-0.25, -0.2) is 10.1 Å². The van der Waals surface area contributed by atoms with Crippen molar-refractivity contribution in [2.24, 2.45) is 0 Å². The molecule has 1 amide bonds. The van der Waals surface area contributed by atoms with Crippen LogP contribution in [0.4, 0.5) is 24.7 Å². The number of carbonyl (C=O) groups is 1. The highest BCUT2D eigenvalue weighted by molar-refractivity contribution is 5.77. The van der Waals surface area contributed by atoms with E-state index < -0.39 is 17.3 Å². The largest absolute Gasteiger partial charge is 0.423 e. The standard InChI is InChI=1S/C24H26F3N7O3/c25-24(26,27)22-19(11-30-31-23(22)36)32-6-1-2-16(32)14-37-7-5-21(35)34-13-17-8-18(34)12-33(17)20-4-3-15(9-28)10-29-20/h3-4,10-11,16-18H,1-2,5-8,12-14H2,(H,31,36)/t16?,17-,18-/m0/s1. The van der Waals surface area contributed by atoms with E-state index in [-0.39, 0.29) is 49.4 Å². The maximum absolute atomic E-state index is 13.5. The van der Waals surface area contributed by atoms with Gasteiger partial charge >= 0.3 is 6.18 Å². The normalized spacial score (nSPS) is 23.1. The van der Waals surface area contributed by atoms with Crippen molar-refractivity contribution >= 4 is 17.4 Å². The Balaban J connectivity index is 1.11. The highest BCUT2D eigenvalue weighted by Gasteiger charge is 2.45. The minimum atomic E-state index is -4.80. The number of nitrogens with one attached hydrogen (secondary N) is 1. The minimum absolute atomic E-state index is 0.0126. The highest BCUT2D eigenvalue weighted by Crippen LogP contribution is 2.37. The molecule has 2 aromatic rings. The fourth-order valence-electron chi connectivity index (χ4n) is 5.60. The van der Waals surface area contributed by atoms with Crippen molar-refractivity contribution in [1.29, 1.82) is 5.26 Å². The number of amides is 1. The number of nitriles is 1. The number of likely N-dealkylation sites (tertiary alicyclic amines) is 1. The molecule has 5 heterocycles. The predicted octanol–water partition coefficient (Wildman–Crippen LogP) is 1.92. The summed E-state index contributed by atoms with van der Waals surface area (Å²) in [6.45, 7) is 1.96. The Kier molecular flexibility index (Phi) is 6.76. The summed E-state index contributed by atoms with van der Waals surface area (Å²) in [6.07, 6.45) is 0.107. The van der Waals surface area contributed by atoms with Gasteiger partial charge in [0.25, 0.3) is 5.56 Å². The van der Waals surface area contributed by atoms with Gasteiger partial charge < -0.3 is 19.4 Å². The smallest absolute Gasteiger partial charge is 0.379 e. The van der Waals surface area contributed by atoms with Crippen LogP contribution in [0.2, 0.25) is 0 Å². The van der Waals surface area contributed by atoms with Crippen LogP contribution < -0.4 is 15.4 Å². The summed E-state index contributed by atoms with van der Waals surface area (Å²) in [5.41, 5.74) is -2.26. The molecule has 0 aliphatic carbocycles. The van der Waals surface area contributed by atoms with Crippen LogP contribution in [-0.4, -0.2) is 77.0 Å². The molecule has 0 spiro atoms. The van der Waals surface area contributed by atoms with Crippen LogP contribution >= 0.6 is 0 Å². The summed E-state index contributed by atoms with van der Waals surface area (Å²) in [4.78, 5) is 34.6. The molecule has 3 atom stereocenters. The van der Waals surface area contributed by atoms with Gasteiger partial charge in [0.2, 0.25) is 5.91 Å². The molecule has 13 heteroatoms. The van der Waals surface area contributed by atoms with E-state index in [0.717, 1.165) is 18.4 Å². The Morgan fingerprint density at radius 3 is 2.73 bits per heavy atom. The lowest BCUT2D eigenvalue weighted by Crippen LogP contribution is -2.49. The molecule has 5 rings (SSSR count). The molecular formula is C24H26F3N7O3. The summed E-state index contributed by atoms with van der Waals surface area (Å²) in [7, 11) is 0. The molecule has 3 fully saturated rings. The average Bonchev–Trinajstić information content (AvgIpc) is 3.62. The summed E-state index contributed by atoms with van der Waals surface area (Å²) in [6, 6.07) is 5.54. The van der Waals surface area contributed by atoms with Crippen LogP contribution in [0.1, 0.15) is 36.8 Å². The number of pyridine rings is 1. The molecule has 10 nitrogen and oxygen atoms in total. The van der Waals surface area contributed by atoms with Gasteiger partial charge in [-0.3, -0.25) is 9.59 Å². The van der Waals surface area contributed by atoms with E-state index in [1.54, 1.807) is 12.3 Å². The van der Waals surface area contributed by atoms with Crippen LogP contribution in [0.3, 0.4) is 0 Å². The first kappa shape index (κ1) is 25.0. The first-order valence-electron chi connectivity index (χ1n) is 12.2. The third-order valence-corrected chi connectivity index (χ3v) is 7.31. The number of halogens is 3. The lowest BCUT2D eigenvalue weighted by atomic mass is 10.2. The van der Waals surface area contributed by atoms with Crippen molar-refractivity contribution in [3.63, 3.8) is 0 Å². The summed E-state index contributed by atoms with van der Waals surface area (Å²) in [5.74, 6) is 0.786. The number of piperazine rings is 1. The Labute approximate surface area is 210 Å². The van der Waals surface area contributed by atoms with Crippen molar-refractivity contribution < 1.29 is 22.7 Å². The number of ether oxygens (including phenoxy) is 1. The first-order valence-corrected chi connectivity index (χ1v) is 12.2. The second-order valence-corrected chi connectivity index (χ2v) is 9.53. The third kappa shape index (κ3) is 4.98. The van der Waals surface area contributed by atoms with Crippen LogP contribution in [0.5, 0.6) is 0 Å². The number of nitrogens with zero attached hydrogens (tertiary/aromatic N) is 6. The zero-order chi connectivity index (χ0) is 26.2. The maximum Gasteiger partial charge on any atom is 0.423 e. The number of alkyl halides is 3. The number of aromatic amines is 1. The summed E-state index contributed by atoms with van der Waals surface area (Å²) in [5, 5.41) is 14.4. The molecule has 2 bridgehead atoms. The molecule has 3 aliphatic rings. The van der Waals surface area contributed by atoms with Gasteiger partial charge in [0.1, 0.15) is 17.5 Å². The topological polar surface area (TPSA) is 118 Å². The van der Waals surface area contributed by atoms with E-state index in [0.29, 0.717) is 38.0 Å². The number of anilines is 2. The van der Waals surface area contributed by atoms with Gasteiger partial charge in [0, 0.05) is 25.8 Å². The van der Waals surface area contributed by atoms with Gasteiger partial charge in [0.05, 0.1) is 55.2 Å². The molecule has 1 unspecified atom stereocenters. The van der Waals surface area contributed by atoms with Crippen molar-refractivity contribution in [3.05, 3.63) is 46.0 Å². The molecule has 3 saturated heterocycles. The Morgan fingerprint density at radius 1 is 1.22 bits per heavy atom. The number of carbonyl (C=O) groups excluding carboxylic acids is 1. The van der Waals surface area contributed by atoms with Crippen molar-refractivity contribution in [1.82, 2.24) is 20.1 Å². The van der Waals surface area contributed by atoms with Crippen LogP contribution in [0.25, 0.3) is 0 Å². The summed E-state index contributed by atoms with van der Waals surface area (Å²) < 4.78 is 46.2. The van der Waals surface area contributed by atoms with E-state index >= 15 is 0 Å². The SMILES string of the molecule is N#Cc1ccc(N2C[C@@H]3C[C@H]2CN3C(=O)CCOCC2CCCN2c2cn[nH]c(=O)c2C(F)(F)F)nc1. The van der Waals surface area contributed by atoms with Crippen LogP contribution in [-0.2, 0) is 15.7 Å². The molecule has 0 aromatic carbocycles. The molecular weight excluding hydrogens is 491 g/mol. The number of aromatic nitrogens is 3. The number of rotatable bonds is 7. The zero-order valence-corrected chi connectivity index (χ0v) is 19.9. The molecule has 0 radical (unpaired) electrons. The first-order chi connectivity index (χ1) is 17.8. The average molecular weight is 518 g/mol. The predicted molar refractivity (Wildman–Crippen MR) is 126 cm³/mol. The zero-order valence-electron chi connectivity index (χ0n) is 19.9. The van der Waals surface area contributed by atoms with E-state index in [1.807, 2.05) is 16.1 Å². The molecule has 37 heavy (non-hydrogen) atoms. The van der Waals surface area contributed by atoms with E-state index in [2.05, 4.69) is 21.1 Å². The third-order valence-electron chi connectivity index (χ3n) is 7.31. The summed E-state index contributed by atoms with van der Waals surface area (Å²) >= 11 is 0. The van der Waals surface area contributed by atoms with Gasteiger partial charge in [-0.1, -0.05) is 0 Å². The van der Waals surface area contributed by atoms with Gasteiger partial charge in [-0.2, -0.15) is 23.5 Å². The second kappa shape index (κ2) is 10.0. The van der Waals surface area contributed by atoms with E-state index in [1.165, 1.54) is 4.90 Å². The van der Waals surface area contributed by atoms with Gasteiger partial charge in [-0.15, -0.1) is 0 Å². The highest BCUT2D eigenvalue weighted by atomic mass is 19.4. The number of hydrogen-bond donors (Lipinski definition) is 1. The molecule has 196 valence electrons. The minimum Gasteiger partial charge on any atom is -0.379 e. The molecule has 2 aromatic heterocycles. The van der Waals surface area contributed by atoms with Crippen molar-refractivity contribution in [3.8, 4) is 6.07 Å². The molecule has 3 aliphatic heterocycles. The lowest BCUT2D eigenvalue weighted by Gasteiger charge is -2.35. The lowest BCUT2D eigenvalue weighted by molar-refractivity contribution is -0.138. The molecule has 0 saturated carbocycles. The molecule has 1 N–H and O–H groups in total.